The molecule has 0 radical (unpaired) electrons. The Hall–Kier alpha value is -2.64. The zero-order valence-corrected chi connectivity index (χ0v) is 12.9. The van der Waals surface area contributed by atoms with Gasteiger partial charge in [0.1, 0.15) is 11.6 Å². The van der Waals surface area contributed by atoms with Crippen molar-refractivity contribution in [2.45, 2.75) is 12.0 Å². The maximum Gasteiger partial charge on any atom is 0.300 e. The SMILES string of the molecule is CN(O)C(c1ccc(C#N)cc1)C(F)(F)c1c(F)c(F)c(F)c(F)c1F. The van der Waals surface area contributed by atoms with Crippen LogP contribution in [-0.4, -0.2) is 17.3 Å². The largest absolute Gasteiger partial charge is 0.313 e. The molecule has 0 saturated heterocycles. The summed E-state index contributed by atoms with van der Waals surface area (Å²) in [5.74, 6) is -17.8. The van der Waals surface area contributed by atoms with E-state index in [1.807, 2.05) is 0 Å². The fourth-order valence-corrected chi connectivity index (χ4v) is 2.43. The van der Waals surface area contributed by atoms with E-state index in [1.54, 1.807) is 6.07 Å². The number of hydrogen-bond donors (Lipinski definition) is 1. The zero-order chi connectivity index (χ0) is 19.8. The Balaban J connectivity index is 2.71. The molecule has 1 atom stereocenters. The number of likely N-dealkylation sites (N-methyl/N-ethyl adjacent to an activating group) is 1. The van der Waals surface area contributed by atoms with Gasteiger partial charge in [-0.05, 0) is 17.7 Å². The highest BCUT2D eigenvalue weighted by Crippen LogP contribution is 2.46. The summed E-state index contributed by atoms with van der Waals surface area (Å²) in [4.78, 5) is 0. The van der Waals surface area contributed by atoms with Crippen LogP contribution in [-0.2, 0) is 5.92 Å². The van der Waals surface area contributed by atoms with E-state index in [9.17, 15) is 35.9 Å². The first-order valence-electron chi connectivity index (χ1n) is 6.85. The number of halogens is 7. The summed E-state index contributed by atoms with van der Waals surface area (Å²) in [6.45, 7) is 0. The first kappa shape index (κ1) is 19.7. The third-order valence-electron chi connectivity index (χ3n) is 3.62. The van der Waals surface area contributed by atoms with Crippen LogP contribution in [0.3, 0.4) is 0 Å². The Kier molecular flexibility index (Phi) is 5.25. The van der Waals surface area contributed by atoms with Crippen molar-refractivity contribution in [1.82, 2.24) is 5.06 Å². The number of benzene rings is 2. The fraction of sp³-hybridized carbons (Fsp3) is 0.188. The van der Waals surface area contributed by atoms with Crippen LogP contribution in [0.15, 0.2) is 24.3 Å². The van der Waals surface area contributed by atoms with Gasteiger partial charge in [0.25, 0.3) is 0 Å². The molecule has 3 nitrogen and oxygen atoms in total. The van der Waals surface area contributed by atoms with Gasteiger partial charge in [-0.3, -0.25) is 0 Å². The minimum absolute atomic E-state index is 0.0626. The third kappa shape index (κ3) is 3.11. The monoisotopic (exact) mass is 378 g/mol. The molecule has 2 rings (SSSR count). The molecule has 0 aliphatic carbocycles. The standard InChI is InChI=1S/C16H9F7N2O/c1-25(26)15(8-4-2-7(6-24)3-5-8)16(22,23)9-10(17)12(19)14(21)13(20)11(9)18/h2-5,15,26H,1H3. The molecule has 26 heavy (non-hydrogen) atoms. The molecule has 0 amide bonds. The molecular formula is C16H9F7N2O. The maximum absolute atomic E-state index is 14.8. The predicted octanol–water partition coefficient (Wildman–Crippen LogP) is 4.41. The molecular weight excluding hydrogens is 369 g/mol. The Morgan fingerprint density at radius 2 is 1.35 bits per heavy atom. The number of alkyl halides is 2. The number of rotatable bonds is 4. The molecule has 1 N–H and O–H groups in total. The average Bonchev–Trinajstić information content (AvgIpc) is 2.58. The van der Waals surface area contributed by atoms with Gasteiger partial charge < -0.3 is 5.21 Å². The third-order valence-corrected chi connectivity index (χ3v) is 3.62. The van der Waals surface area contributed by atoms with Crippen molar-refractivity contribution >= 4 is 0 Å². The van der Waals surface area contributed by atoms with Crippen LogP contribution in [0.1, 0.15) is 22.7 Å². The molecule has 0 aliphatic rings. The molecule has 0 spiro atoms. The second kappa shape index (κ2) is 6.93. The van der Waals surface area contributed by atoms with Gasteiger partial charge in [-0.15, -0.1) is 0 Å². The van der Waals surface area contributed by atoms with E-state index in [1.165, 1.54) is 0 Å². The van der Waals surface area contributed by atoms with Gasteiger partial charge in [-0.2, -0.15) is 19.1 Å². The first-order valence-corrected chi connectivity index (χ1v) is 6.85. The van der Waals surface area contributed by atoms with Crippen molar-refractivity contribution in [3.05, 3.63) is 70.0 Å². The van der Waals surface area contributed by atoms with Gasteiger partial charge in [-0.25, -0.2) is 22.0 Å². The smallest absolute Gasteiger partial charge is 0.300 e. The highest BCUT2D eigenvalue weighted by atomic mass is 19.3. The van der Waals surface area contributed by atoms with Crippen molar-refractivity contribution in [1.29, 1.82) is 5.26 Å². The number of hydroxylamine groups is 2. The molecule has 10 heteroatoms. The fourth-order valence-electron chi connectivity index (χ4n) is 2.43. The summed E-state index contributed by atoms with van der Waals surface area (Å²) in [5, 5.41) is 18.1. The summed E-state index contributed by atoms with van der Waals surface area (Å²) in [5.41, 5.74) is -2.74. The van der Waals surface area contributed by atoms with Crippen LogP contribution >= 0.6 is 0 Å². The molecule has 0 aromatic heterocycles. The number of hydrogen-bond acceptors (Lipinski definition) is 3. The van der Waals surface area contributed by atoms with Crippen molar-refractivity contribution < 1.29 is 35.9 Å². The van der Waals surface area contributed by atoms with Crippen LogP contribution < -0.4 is 0 Å². The van der Waals surface area contributed by atoms with Crippen molar-refractivity contribution in [3.63, 3.8) is 0 Å². The van der Waals surface area contributed by atoms with E-state index in [2.05, 4.69) is 0 Å². The second-order valence-electron chi connectivity index (χ2n) is 5.28. The molecule has 0 heterocycles. The Morgan fingerprint density at radius 1 is 0.923 bits per heavy atom. The normalized spacial score (nSPS) is 13.0. The second-order valence-corrected chi connectivity index (χ2v) is 5.28. The lowest BCUT2D eigenvalue weighted by atomic mass is 9.93. The molecule has 2 aromatic carbocycles. The molecule has 0 aliphatic heterocycles. The Morgan fingerprint density at radius 3 is 1.73 bits per heavy atom. The van der Waals surface area contributed by atoms with Crippen LogP contribution in [0, 0.1) is 40.4 Å². The van der Waals surface area contributed by atoms with E-state index in [4.69, 9.17) is 5.26 Å². The lowest BCUT2D eigenvalue weighted by molar-refractivity contribution is -0.196. The summed E-state index contributed by atoms with van der Waals surface area (Å²) in [6.07, 6.45) is 0. The van der Waals surface area contributed by atoms with Crippen LogP contribution in [0.2, 0.25) is 0 Å². The molecule has 138 valence electrons. The van der Waals surface area contributed by atoms with Crippen molar-refractivity contribution in [2.24, 2.45) is 0 Å². The van der Waals surface area contributed by atoms with Gasteiger partial charge in [0.15, 0.2) is 23.3 Å². The minimum atomic E-state index is -4.72. The van der Waals surface area contributed by atoms with Gasteiger partial charge >= 0.3 is 5.92 Å². The van der Waals surface area contributed by atoms with Gasteiger partial charge in [0.05, 0.1) is 11.6 Å². The summed E-state index contributed by atoms with van der Waals surface area (Å²) < 4.78 is 96.8. The number of nitrogens with zero attached hydrogens (tertiary/aromatic N) is 2. The number of nitriles is 1. The quantitative estimate of drug-likeness (QED) is 0.371. The van der Waals surface area contributed by atoms with E-state index in [-0.39, 0.29) is 10.6 Å². The van der Waals surface area contributed by atoms with Gasteiger partial charge in [0.2, 0.25) is 5.82 Å². The van der Waals surface area contributed by atoms with E-state index in [0.29, 0.717) is 7.05 Å². The van der Waals surface area contributed by atoms with E-state index >= 15 is 0 Å². The topological polar surface area (TPSA) is 47.3 Å². The van der Waals surface area contributed by atoms with Gasteiger partial charge in [-0.1, -0.05) is 12.1 Å². The first-order chi connectivity index (χ1) is 12.0. The highest BCUT2D eigenvalue weighted by molar-refractivity contribution is 5.36. The Bertz CT molecular complexity index is 847. The van der Waals surface area contributed by atoms with Crippen molar-refractivity contribution in [3.8, 4) is 6.07 Å². The summed E-state index contributed by atoms with van der Waals surface area (Å²) in [7, 11) is 0.711. The lowest BCUT2D eigenvalue weighted by Crippen LogP contribution is -2.37. The van der Waals surface area contributed by atoms with E-state index < -0.39 is 52.2 Å². The van der Waals surface area contributed by atoms with Crippen LogP contribution in [0.5, 0.6) is 0 Å². The maximum atomic E-state index is 14.8. The molecule has 1 unspecified atom stereocenters. The minimum Gasteiger partial charge on any atom is -0.313 e. The predicted molar refractivity (Wildman–Crippen MR) is 73.6 cm³/mol. The zero-order valence-electron chi connectivity index (χ0n) is 12.9. The van der Waals surface area contributed by atoms with E-state index in [0.717, 1.165) is 24.3 Å². The average molecular weight is 378 g/mol. The van der Waals surface area contributed by atoms with Crippen molar-refractivity contribution in [2.75, 3.05) is 7.05 Å². The van der Waals surface area contributed by atoms with Crippen LogP contribution in [0.25, 0.3) is 0 Å². The molecule has 0 saturated carbocycles. The lowest BCUT2D eigenvalue weighted by Gasteiger charge is -2.31. The van der Waals surface area contributed by atoms with Gasteiger partial charge in [0, 0.05) is 7.05 Å². The summed E-state index contributed by atoms with van der Waals surface area (Å²) >= 11 is 0. The van der Waals surface area contributed by atoms with Crippen LogP contribution in [0.4, 0.5) is 30.7 Å². The summed E-state index contributed by atoms with van der Waals surface area (Å²) in [6, 6.07) is 3.29. The molecule has 2 aromatic rings. The molecule has 0 fully saturated rings. The Labute approximate surface area is 142 Å². The highest BCUT2D eigenvalue weighted by Gasteiger charge is 2.50. The molecule has 0 bridgehead atoms.